The summed E-state index contributed by atoms with van der Waals surface area (Å²) in [5.41, 5.74) is 0. The molecule has 152 valence electrons. The molecule has 6 nitrogen and oxygen atoms in total. The molecule has 1 aliphatic rings. The summed E-state index contributed by atoms with van der Waals surface area (Å²) in [5.74, 6) is 0.343. The van der Waals surface area contributed by atoms with Crippen molar-refractivity contribution in [2.45, 2.75) is 88.8 Å². The third kappa shape index (κ3) is 6.81. The van der Waals surface area contributed by atoms with Gasteiger partial charge in [0.15, 0.2) is 6.10 Å². The molecule has 1 aromatic rings. The van der Waals surface area contributed by atoms with Crippen molar-refractivity contribution in [2.24, 2.45) is 0 Å². The van der Waals surface area contributed by atoms with Crippen molar-refractivity contribution in [3.63, 3.8) is 0 Å². The minimum absolute atomic E-state index is 0.112. The van der Waals surface area contributed by atoms with Crippen LogP contribution in [0.3, 0.4) is 0 Å². The number of nitrogens with one attached hydrogen (secondary N) is 2. The van der Waals surface area contributed by atoms with Crippen molar-refractivity contribution in [2.75, 3.05) is 0 Å². The summed E-state index contributed by atoms with van der Waals surface area (Å²) in [6.07, 6.45) is 6.66. The lowest BCUT2D eigenvalue weighted by molar-refractivity contribution is -0.128. The van der Waals surface area contributed by atoms with E-state index in [1.165, 1.54) is 18.6 Å². The standard InChI is InChI=1S/C20H32N2O4S/c1-4-8-15(2)22-27(24,25)19-13-11-18(12-14-19)26-16(3)20(23)21-17-9-6-5-7-10-17/h11-17,22H,4-10H2,1-3H3,(H,21,23)/t15-,16-/m1/s1. The number of benzene rings is 1. The molecule has 1 amide bonds. The molecule has 1 aliphatic carbocycles. The van der Waals surface area contributed by atoms with Crippen LogP contribution in [0.2, 0.25) is 0 Å². The summed E-state index contributed by atoms with van der Waals surface area (Å²) >= 11 is 0. The van der Waals surface area contributed by atoms with Crippen LogP contribution in [0.15, 0.2) is 29.2 Å². The van der Waals surface area contributed by atoms with E-state index in [1.807, 2.05) is 13.8 Å². The zero-order valence-corrected chi connectivity index (χ0v) is 17.3. The molecule has 0 bridgehead atoms. The Balaban J connectivity index is 1.91. The Bertz CT molecular complexity index is 697. The molecule has 0 heterocycles. The van der Waals surface area contributed by atoms with Gasteiger partial charge in [0.25, 0.3) is 5.91 Å². The fraction of sp³-hybridized carbons (Fsp3) is 0.650. The van der Waals surface area contributed by atoms with Gasteiger partial charge in [0.1, 0.15) is 5.75 Å². The van der Waals surface area contributed by atoms with Gasteiger partial charge in [-0.1, -0.05) is 32.6 Å². The topological polar surface area (TPSA) is 84.5 Å². The van der Waals surface area contributed by atoms with Gasteiger partial charge in [-0.25, -0.2) is 13.1 Å². The van der Waals surface area contributed by atoms with Gasteiger partial charge in [0, 0.05) is 12.1 Å². The second kappa shape index (κ2) is 10.1. The van der Waals surface area contributed by atoms with E-state index in [9.17, 15) is 13.2 Å². The first kappa shape index (κ1) is 21.7. The highest BCUT2D eigenvalue weighted by Gasteiger charge is 2.21. The van der Waals surface area contributed by atoms with Gasteiger partial charge in [0.05, 0.1) is 4.90 Å². The van der Waals surface area contributed by atoms with E-state index in [4.69, 9.17) is 4.74 Å². The Morgan fingerprint density at radius 2 is 1.78 bits per heavy atom. The third-order valence-electron chi connectivity index (χ3n) is 4.85. The highest BCUT2D eigenvalue weighted by Crippen LogP contribution is 2.19. The molecule has 2 atom stereocenters. The van der Waals surface area contributed by atoms with Crippen LogP contribution in [0.1, 0.15) is 65.7 Å². The fourth-order valence-corrected chi connectivity index (χ4v) is 4.62. The molecule has 0 radical (unpaired) electrons. The average Bonchev–Trinajstić information content (AvgIpc) is 2.62. The van der Waals surface area contributed by atoms with E-state index in [-0.39, 0.29) is 22.9 Å². The van der Waals surface area contributed by atoms with Gasteiger partial charge in [-0.15, -0.1) is 0 Å². The van der Waals surface area contributed by atoms with E-state index in [2.05, 4.69) is 10.0 Å². The lowest BCUT2D eigenvalue weighted by atomic mass is 9.95. The predicted molar refractivity (Wildman–Crippen MR) is 106 cm³/mol. The molecule has 2 rings (SSSR count). The number of amides is 1. The average molecular weight is 397 g/mol. The van der Waals surface area contributed by atoms with Gasteiger partial charge in [-0.3, -0.25) is 4.79 Å². The predicted octanol–water partition coefficient (Wildman–Crippen LogP) is 3.37. The summed E-state index contributed by atoms with van der Waals surface area (Å²) in [6, 6.07) is 6.30. The number of hydrogen-bond donors (Lipinski definition) is 2. The summed E-state index contributed by atoms with van der Waals surface area (Å²) < 4.78 is 33.1. The normalized spacial score (nSPS) is 17.9. The number of carbonyl (C=O) groups excluding carboxylic acids is 1. The molecule has 0 spiro atoms. The first-order valence-corrected chi connectivity index (χ1v) is 11.4. The molecular weight excluding hydrogens is 364 g/mol. The van der Waals surface area contributed by atoms with Crippen LogP contribution in [0, 0.1) is 0 Å². The second-order valence-electron chi connectivity index (χ2n) is 7.39. The van der Waals surface area contributed by atoms with Gasteiger partial charge in [0.2, 0.25) is 10.0 Å². The number of sulfonamides is 1. The van der Waals surface area contributed by atoms with Gasteiger partial charge in [-0.2, -0.15) is 0 Å². The quantitative estimate of drug-likeness (QED) is 0.670. The zero-order valence-electron chi connectivity index (χ0n) is 16.5. The molecule has 0 aromatic heterocycles. The van der Waals surface area contributed by atoms with Crippen molar-refractivity contribution in [3.8, 4) is 5.75 Å². The number of carbonyl (C=O) groups is 1. The lowest BCUT2D eigenvalue weighted by Gasteiger charge is -2.24. The molecule has 2 N–H and O–H groups in total. The number of rotatable bonds is 9. The Hall–Kier alpha value is -1.60. The molecule has 1 fully saturated rings. The van der Waals surface area contributed by atoms with Crippen LogP contribution in [-0.4, -0.2) is 32.5 Å². The van der Waals surface area contributed by atoms with Crippen LogP contribution in [-0.2, 0) is 14.8 Å². The molecule has 27 heavy (non-hydrogen) atoms. The van der Waals surface area contributed by atoms with E-state index >= 15 is 0 Å². The Labute approximate surface area is 163 Å². The van der Waals surface area contributed by atoms with E-state index in [0.29, 0.717) is 5.75 Å². The smallest absolute Gasteiger partial charge is 0.260 e. The monoisotopic (exact) mass is 396 g/mol. The maximum Gasteiger partial charge on any atom is 0.260 e. The first-order chi connectivity index (χ1) is 12.8. The zero-order chi connectivity index (χ0) is 19.9. The summed E-state index contributed by atoms with van der Waals surface area (Å²) in [6.45, 7) is 5.57. The highest BCUT2D eigenvalue weighted by molar-refractivity contribution is 7.89. The van der Waals surface area contributed by atoms with Crippen LogP contribution < -0.4 is 14.8 Å². The van der Waals surface area contributed by atoms with Gasteiger partial charge < -0.3 is 10.1 Å². The Morgan fingerprint density at radius 1 is 1.15 bits per heavy atom. The second-order valence-corrected chi connectivity index (χ2v) is 9.10. The van der Waals surface area contributed by atoms with E-state index in [1.54, 1.807) is 19.1 Å². The number of ether oxygens (including phenoxy) is 1. The fourth-order valence-electron chi connectivity index (χ4n) is 3.35. The van der Waals surface area contributed by atoms with Crippen molar-refractivity contribution < 1.29 is 17.9 Å². The minimum atomic E-state index is -3.55. The SMILES string of the molecule is CCC[C@@H](C)NS(=O)(=O)c1ccc(O[C@H](C)C(=O)NC2CCCCC2)cc1. The maximum absolute atomic E-state index is 12.4. The van der Waals surface area contributed by atoms with Crippen LogP contribution >= 0.6 is 0 Å². The van der Waals surface area contributed by atoms with Crippen molar-refractivity contribution in [1.82, 2.24) is 10.0 Å². The highest BCUT2D eigenvalue weighted by atomic mass is 32.2. The molecule has 7 heteroatoms. The molecule has 0 unspecified atom stereocenters. The lowest BCUT2D eigenvalue weighted by Crippen LogP contribution is -2.43. The molecular formula is C20H32N2O4S. The molecule has 1 saturated carbocycles. The van der Waals surface area contributed by atoms with Crippen molar-refractivity contribution in [3.05, 3.63) is 24.3 Å². The van der Waals surface area contributed by atoms with Crippen molar-refractivity contribution in [1.29, 1.82) is 0 Å². The minimum Gasteiger partial charge on any atom is -0.481 e. The Morgan fingerprint density at radius 3 is 2.37 bits per heavy atom. The van der Waals surface area contributed by atoms with Crippen LogP contribution in [0.5, 0.6) is 5.75 Å². The Kier molecular flexibility index (Phi) is 8.10. The van der Waals surface area contributed by atoms with Crippen LogP contribution in [0.4, 0.5) is 0 Å². The van der Waals surface area contributed by atoms with Crippen LogP contribution in [0.25, 0.3) is 0 Å². The largest absolute Gasteiger partial charge is 0.481 e. The van der Waals surface area contributed by atoms with E-state index < -0.39 is 16.1 Å². The first-order valence-electron chi connectivity index (χ1n) is 9.91. The van der Waals surface area contributed by atoms with Gasteiger partial charge >= 0.3 is 0 Å². The maximum atomic E-state index is 12.4. The summed E-state index contributed by atoms with van der Waals surface area (Å²) in [7, 11) is -3.55. The third-order valence-corrected chi connectivity index (χ3v) is 6.45. The number of hydrogen-bond acceptors (Lipinski definition) is 4. The summed E-state index contributed by atoms with van der Waals surface area (Å²) in [4.78, 5) is 12.5. The summed E-state index contributed by atoms with van der Waals surface area (Å²) in [5, 5.41) is 3.04. The molecule has 0 aliphatic heterocycles. The molecule has 0 saturated heterocycles. The van der Waals surface area contributed by atoms with Gasteiger partial charge in [-0.05, 0) is 57.4 Å². The van der Waals surface area contributed by atoms with E-state index in [0.717, 1.165) is 38.5 Å². The molecule has 1 aromatic carbocycles. The van der Waals surface area contributed by atoms with Crippen molar-refractivity contribution >= 4 is 15.9 Å².